The van der Waals surface area contributed by atoms with E-state index in [1.54, 1.807) is 24.7 Å². The molecule has 1 unspecified atom stereocenters. The number of rotatable bonds is 7. The second-order valence-electron chi connectivity index (χ2n) is 7.67. The molecule has 0 aliphatic carbocycles. The van der Waals surface area contributed by atoms with Gasteiger partial charge in [0.25, 0.3) is 0 Å². The number of imidazole rings is 1. The first-order chi connectivity index (χ1) is 15.6. The van der Waals surface area contributed by atoms with Crippen LogP contribution in [0.2, 0.25) is 0 Å². The number of pyridine rings is 2. The van der Waals surface area contributed by atoms with Gasteiger partial charge in [-0.1, -0.05) is 13.3 Å². The van der Waals surface area contributed by atoms with E-state index in [4.69, 9.17) is 0 Å². The van der Waals surface area contributed by atoms with E-state index in [-0.39, 0.29) is 0 Å². The summed E-state index contributed by atoms with van der Waals surface area (Å²) in [6.07, 6.45) is 6.89. The van der Waals surface area contributed by atoms with Gasteiger partial charge in [0.1, 0.15) is 28.8 Å². The van der Waals surface area contributed by atoms with Crippen molar-refractivity contribution in [2.45, 2.75) is 32.4 Å². The zero-order chi connectivity index (χ0) is 22.1. The summed E-state index contributed by atoms with van der Waals surface area (Å²) in [4.78, 5) is 16.2. The Balaban J connectivity index is 1.53. The molecule has 0 radical (unpaired) electrons. The molecule has 0 aliphatic rings. The first-order valence-corrected chi connectivity index (χ1v) is 10.5. The van der Waals surface area contributed by atoms with Gasteiger partial charge in [-0.3, -0.25) is 10.1 Å². The lowest BCUT2D eigenvalue weighted by Gasteiger charge is -2.14. The van der Waals surface area contributed by atoms with Crippen molar-refractivity contribution in [1.82, 2.24) is 30.1 Å². The van der Waals surface area contributed by atoms with E-state index in [1.807, 2.05) is 18.2 Å². The van der Waals surface area contributed by atoms with E-state index in [2.05, 4.69) is 42.4 Å². The minimum absolute atomic E-state index is 0.300. The predicted octanol–water partition coefficient (Wildman–Crippen LogP) is 4.62. The van der Waals surface area contributed by atoms with Gasteiger partial charge < -0.3 is 15.4 Å². The lowest BCUT2D eigenvalue weighted by molar-refractivity contribution is 0.190. The summed E-state index contributed by atoms with van der Waals surface area (Å²) < 4.78 is 14.9. The molecule has 1 aromatic carbocycles. The van der Waals surface area contributed by atoms with E-state index in [9.17, 15) is 9.50 Å². The molecule has 0 aliphatic heterocycles. The molecule has 4 heterocycles. The third kappa shape index (κ3) is 3.78. The van der Waals surface area contributed by atoms with E-state index >= 15 is 0 Å². The first kappa shape index (κ1) is 20.1. The highest BCUT2D eigenvalue weighted by Crippen LogP contribution is 2.32. The molecule has 5 rings (SSSR count). The molecule has 162 valence electrons. The van der Waals surface area contributed by atoms with Crippen LogP contribution in [0, 0.1) is 5.82 Å². The van der Waals surface area contributed by atoms with E-state index in [0.717, 1.165) is 18.4 Å². The van der Waals surface area contributed by atoms with Crippen LogP contribution in [-0.4, -0.2) is 41.5 Å². The van der Waals surface area contributed by atoms with Crippen LogP contribution in [0.25, 0.3) is 44.7 Å². The number of unbranched alkanes of at least 4 members (excludes halogenated alkanes) is 1. The number of aliphatic hydroxyl groups excluding tert-OH is 1. The topological polar surface area (TPSA) is 115 Å². The molecule has 4 N–H and O–H groups in total. The van der Waals surface area contributed by atoms with Gasteiger partial charge in [-0.05, 0) is 48.7 Å². The quantitative estimate of drug-likeness (QED) is 0.280. The van der Waals surface area contributed by atoms with Gasteiger partial charge >= 0.3 is 0 Å². The van der Waals surface area contributed by atoms with Crippen molar-refractivity contribution < 1.29 is 9.50 Å². The number of halogens is 1. The highest BCUT2D eigenvalue weighted by atomic mass is 19.1. The molecule has 1 atom stereocenters. The molecule has 0 amide bonds. The van der Waals surface area contributed by atoms with Gasteiger partial charge in [0.2, 0.25) is 0 Å². The summed E-state index contributed by atoms with van der Waals surface area (Å²) >= 11 is 0. The number of aromatic amines is 2. The summed E-state index contributed by atoms with van der Waals surface area (Å²) in [6.45, 7) is 2.07. The number of aromatic nitrogens is 6. The monoisotopic (exact) mass is 431 g/mol. The summed E-state index contributed by atoms with van der Waals surface area (Å²) in [6, 6.07) is 8.79. The molecule has 0 spiro atoms. The summed E-state index contributed by atoms with van der Waals surface area (Å²) in [5.74, 6) is 0.0842. The number of hydrogen-bond donors (Lipinski definition) is 4. The fourth-order valence-electron chi connectivity index (χ4n) is 3.72. The molecule has 0 bridgehead atoms. The normalized spacial score (nSPS) is 12.5. The molecule has 32 heavy (non-hydrogen) atoms. The maximum Gasteiger partial charge on any atom is 0.160 e. The molecule has 0 fully saturated rings. The third-order valence-corrected chi connectivity index (χ3v) is 5.34. The van der Waals surface area contributed by atoms with Gasteiger partial charge in [0, 0.05) is 23.3 Å². The standard InChI is InChI=1S/C23H22FN7O/c1-2-3-6-19(32)27-15-8-14(11-25-12-15)13-9-16-20(17(24)10-13)30-31-21(16)23-28-18-5-4-7-26-22(18)29-23/h4-5,7-12,19,27,32H,2-3,6H2,1H3,(H,30,31)(H,26,28,29). The van der Waals surface area contributed by atoms with Crippen LogP contribution in [0.5, 0.6) is 0 Å². The Labute approximate surface area is 183 Å². The highest BCUT2D eigenvalue weighted by molar-refractivity contribution is 5.95. The number of benzene rings is 1. The molecule has 4 aromatic heterocycles. The lowest BCUT2D eigenvalue weighted by atomic mass is 10.0. The average molecular weight is 431 g/mol. The molecule has 0 saturated carbocycles. The van der Waals surface area contributed by atoms with Crippen LogP contribution in [0.4, 0.5) is 10.1 Å². The van der Waals surface area contributed by atoms with Crippen molar-refractivity contribution in [2.24, 2.45) is 0 Å². The molecule has 5 aromatic rings. The first-order valence-electron chi connectivity index (χ1n) is 10.5. The Kier molecular flexibility index (Phi) is 5.24. The Morgan fingerprint density at radius 1 is 1.19 bits per heavy atom. The Morgan fingerprint density at radius 2 is 2.09 bits per heavy atom. The fourth-order valence-corrected chi connectivity index (χ4v) is 3.72. The number of hydrogen-bond acceptors (Lipinski definition) is 6. The van der Waals surface area contributed by atoms with Crippen LogP contribution in [0.1, 0.15) is 26.2 Å². The molecular weight excluding hydrogens is 409 g/mol. The number of nitrogens with one attached hydrogen (secondary N) is 3. The van der Waals surface area contributed by atoms with Crippen molar-refractivity contribution in [3.05, 3.63) is 54.7 Å². The number of nitrogens with zero attached hydrogens (tertiary/aromatic N) is 4. The Bertz CT molecular complexity index is 1360. The molecule has 9 heteroatoms. The fraction of sp³-hybridized carbons (Fsp3) is 0.217. The van der Waals surface area contributed by atoms with Crippen LogP contribution in [0.3, 0.4) is 0 Å². The lowest BCUT2D eigenvalue weighted by Crippen LogP contribution is -2.18. The van der Waals surface area contributed by atoms with Gasteiger partial charge in [-0.2, -0.15) is 5.10 Å². The van der Waals surface area contributed by atoms with Gasteiger partial charge in [0.15, 0.2) is 11.5 Å². The smallest absolute Gasteiger partial charge is 0.160 e. The van der Waals surface area contributed by atoms with E-state index in [1.165, 1.54) is 6.07 Å². The van der Waals surface area contributed by atoms with Crippen molar-refractivity contribution in [1.29, 1.82) is 0 Å². The predicted molar refractivity (Wildman–Crippen MR) is 121 cm³/mol. The minimum atomic E-state index is -0.659. The second-order valence-corrected chi connectivity index (χ2v) is 7.67. The Morgan fingerprint density at radius 3 is 2.94 bits per heavy atom. The maximum absolute atomic E-state index is 14.9. The van der Waals surface area contributed by atoms with E-state index in [0.29, 0.717) is 51.3 Å². The van der Waals surface area contributed by atoms with Crippen LogP contribution < -0.4 is 5.32 Å². The van der Waals surface area contributed by atoms with Crippen LogP contribution >= 0.6 is 0 Å². The third-order valence-electron chi connectivity index (χ3n) is 5.34. The van der Waals surface area contributed by atoms with Crippen LogP contribution in [0.15, 0.2) is 48.9 Å². The number of aliphatic hydroxyl groups is 1. The Hall–Kier alpha value is -3.85. The molecule has 8 nitrogen and oxygen atoms in total. The zero-order valence-corrected chi connectivity index (χ0v) is 17.4. The van der Waals surface area contributed by atoms with Crippen molar-refractivity contribution in [2.75, 3.05) is 5.32 Å². The minimum Gasteiger partial charge on any atom is -0.374 e. The summed E-state index contributed by atoms with van der Waals surface area (Å²) in [5.41, 5.74) is 4.19. The largest absolute Gasteiger partial charge is 0.374 e. The van der Waals surface area contributed by atoms with Gasteiger partial charge in [-0.25, -0.2) is 14.4 Å². The highest BCUT2D eigenvalue weighted by Gasteiger charge is 2.17. The number of fused-ring (bicyclic) bond motifs is 2. The second kappa shape index (κ2) is 8.35. The number of H-pyrrole nitrogens is 2. The van der Waals surface area contributed by atoms with E-state index < -0.39 is 12.0 Å². The van der Waals surface area contributed by atoms with Crippen molar-refractivity contribution in [3.8, 4) is 22.6 Å². The SMILES string of the molecule is CCCCC(O)Nc1cncc(-c2cc(F)c3[nH]nc(-c4nc5cccnc5[nH]4)c3c2)c1. The van der Waals surface area contributed by atoms with Crippen molar-refractivity contribution >= 4 is 27.8 Å². The average Bonchev–Trinajstić information content (AvgIpc) is 3.42. The molecule has 0 saturated heterocycles. The number of anilines is 1. The van der Waals surface area contributed by atoms with Crippen molar-refractivity contribution in [3.63, 3.8) is 0 Å². The maximum atomic E-state index is 14.9. The molecular formula is C23H22FN7O. The summed E-state index contributed by atoms with van der Waals surface area (Å²) in [5, 5.41) is 20.9. The van der Waals surface area contributed by atoms with Crippen LogP contribution in [-0.2, 0) is 0 Å². The van der Waals surface area contributed by atoms with Gasteiger partial charge in [0.05, 0.1) is 11.9 Å². The zero-order valence-electron chi connectivity index (χ0n) is 17.4. The van der Waals surface area contributed by atoms with Gasteiger partial charge in [-0.15, -0.1) is 0 Å². The summed E-state index contributed by atoms with van der Waals surface area (Å²) in [7, 11) is 0.